The van der Waals surface area contributed by atoms with Crippen LogP contribution in [0.25, 0.3) is 10.4 Å². The van der Waals surface area contributed by atoms with Gasteiger partial charge in [-0.1, -0.05) is 261 Å². The van der Waals surface area contributed by atoms with Crippen LogP contribution >= 0.6 is 0 Å². The highest BCUT2D eigenvalue weighted by Crippen LogP contribution is 2.41. The number of fused-ring (bicyclic) bond motifs is 1. The third-order valence-corrected chi connectivity index (χ3v) is 17.9. The molecule has 4 aliphatic heterocycles. The molecule has 520 valence electrons. The number of unbranched alkanes of at least 4 members (excludes halogenated alkanes) is 3. The number of aliphatic hydroxyl groups is 1. The summed E-state index contributed by atoms with van der Waals surface area (Å²) in [6.07, 6.45) is -13.3. The second-order valence-corrected chi connectivity index (χ2v) is 25.0. The molecule has 0 radical (unpaired) electrons. The zero-order valence-electron chi connectivity index (χ0n) is 55.6. The quantitative estimate of drug-likeness (QED) is 0.0168. The average Bonchev–Trinajstić information content (AvgIpc) is 0.767. The Morgan fingerprint density at radius 3 is 1.17 bits per heavy atom. The van der Waals surface area contributed by atoms with Crippen molar-refractivity contribution in [1.29, 1.82) is 0 Å². The number of nitrogens with zero attached hydrogens (tertiary/aromatic N) is 3. The fraction of sp³-hybridized carbons (Fsp3) is 0.400. The molecular weight excluding hydrogens is 1260 g/mol. The van der Waals surface area contributed by atoms with Gasteiger partial charge in [0.25, 0.3) is 0 Å². The minimum atomic E-state index is -1.30. The molecule has 99 heavy (non-hydrogen) atoms. The Morgan fingerprint density at radius 1 is 0.374 bits per heavy atom. The summed E-state index contributed by atoms with van der Waals surface area (Å²) in [6, 6.07) is 78.8. The predicted octanol–water partition coefficient (Wildman–Crippen LogP) is 13.7. The highest BCUT2D eigenvalue weighted by molar-refractivity contribution is 5.21. The maximum absolute atomic E-state index is 12.8. The SMILES string of the molecule is [N-]=[N+]=NCCCCCCO[C@@H]1O[C@H](COCc2ccccc2)[C@@H](O[C@@H]2O[C@H](COCc3ccccc3)[C@H](O[C@H]3O[C@@H]4COC(c5ccccc5)O[C@@H]4[C@H](O)[C@H]3OCc3ccccc3)[C@H](OCc3ccccc3)[C@H]2OCc2ccccc2)[C@H](OCc2ccccc2)[C@H]1OCc1ccccc1. The van der Waals surface area contributed by atoms with Gasteiger partial charge >= 0.3 is 0 Å². The van der Waals surface area contributed by atoms with Crippen molar-refractivity contribution in [3.8, 4) is 0 Å². The van der Waals surface area contributed by atoms with Gasteiger partial charge in [0, 0.05) is 23.6 Å². The maximum atomic E-state index is 12.8. The minimum Gasteiger partial charge on any atom is -0.387 e. The lowest BCUT2D eigenvalue weighted by Gasteiger charge is -2.52. The lowest BCUT2D eigenvalue weighted by Crippen LogP contribution is -2.68. The van der Waals surface area contributed by atoms with Crippen molar-refractivity contribution in [3.63, 3.8) is 0 Å². The highest BCUT2D eigenvalue weighted by Gasteiger charge is 2.58. The van der Waals surface area contributed by atoms with E-state index in [1.165, 1.54) is 0 Å². The van der Waals surface area contributed by atoms with Crippen molar-refractivity contribution < 1.29 is 76.2 Å². The average molecular weight is 1350 g/mol. The molecule has 4 fully saturated rings. The topological polar surface area (TPSA) is 207 Å². The van der Waals surface area contributed by atoms with Crippen LogP contribution in [-0.4, -0.2) is 130 Å². The van der Waals surface area contributed by atoms with Crippen molar-refractivity contribution in [2.24, 2.45) is 5.11 Å². The Kier molecular flexibility index (Phi) is 27.6. The smallest absolute Gasteiger partial charge is 0.187 e. The van der Waals surface area contributed by atoms with Gasteiger partial charge in [0.05, 0.1) is 66.1 Å². The first kappa shape index (κ1) is 71.3. The monoisotopic (exact) mass is 1350 g/mol. The van der Waals surface area contributed by atoms with Crippen LogP contribution in [0, 0.1) is 0 Å². The number of rotatable bonds is 36. The molecule has 0 aliphatic carbocycles. The first-order valence-corrected chi connectivity index (χ1v) is 34.4. The molecule has 4 heterocycles. The molecule has 0 amide bonds. The van der Waals surface area contributed by atoms with Gasteiger partial charge in [0.15, 0.2) is 25.2 Å². The molecule has 8 aromatic rings. The summed E-state index contributed by atoms with van der Waals surface area (Å²) in [5, 5.41) is 16.6. The molecule has 19 heteroatoms. The normalized spacial score (nSPS) is 26.8. The summed E-state index contributed by atoms with van der Waals surface area (Å²) in [6.45, 7) is 1.91. The van der Waals surface area contributed by atoms with E-state index in [0.29, 0.717) is 19.6 Å². The minimum absolute atomic E-state index is 0.0222. The van der Waals surface area contributed by atoms with Crippen molar-refractivity contribution in [2.75, 3.05) is 33.0 Å². The van der Waals surface area contributed by atoms with E-state index in [9.17, 15) is 5.11 Å². The molecule has 0 aromatic heterocycles. The fourth-order valence-electron chi connectivity index (χ4n) is 12.7. The third kappa shape index (κ3) is 20.8. The number of hydrogen-bond donors (Lipinski definition) is 1. The first-order valence-electron chi connectivity index (χ1n) is 34.4. The summed E-state index contributed by atoms with van der Waals surface area (Å²) in [7, 11) is 0. The van der Waals surface area contributed by atoms with Crippen molar-refractivity contribution in [1.82, 2.24) is 0 Å². The molecule has 1 N–H and O–H groups in total. The Labute approximate surface area is 579 Å². The van der Waals surface area contributed by atoms with Crippen LogP contribution in [0.15, 0.2) is 248 Å². The van der Waals surface area contributed by atoms with Gasteiger partial charge in [0.2, 0.25) is 0 Å². The summed E-state index contributed by atoms with van der Waals surface area (Å²) in [5.41, 5.74) is 16.1. The van der Waals surface area contributed by atoms with E-state index < -0.39 is 98.4 Å². The standard InChI is InChI=1S/C80H89N3O16/c81-83-82-45-27-1-2-28-46-87-78-75(91-52-62-39-21-8-22-40-62)73(89-50-60-35-17-6-18-36-60)70(65(94-78)54-85-47-57-29-11-3-12-30-57)99-80-76(92-53-63-41-23-9-24-42-63)74(90-51-61-37-19-7-20-38-61)71(66(95-80)55-86-48-58-31-13-4-14-32-58)98-79-72(88-49-59-33-15-5-16-34-59)68(84)69-67(96-79)56-93-77(97-69)64-43-25-10-26-44-64/h3-26,29-44,65-80,84H,1-2,27-28,45-56H2/t65-,66-,67-,68+,69+,70-,71+,72-,73+,74+,75-,76-,77?,78-,79-,80+/m1/s1. The molecule has 8 aromatic carbocycles. The van der Waals surface area contributed by atoms with Gasteiger partial charge in [-0.3, -0.25) is 0 Å². The third-order valence-electron chi connectivity index (χ3n) is 17.9. The second-order valence-electron chi connectivity index (χ2n) is 25.0. The molecule has 0 saturated carbocycles. The van der Waals surface area contributed by atoms with Crippen LogP contribution in [-0.2, 0) is 117 Å². The van der Waals surface area contributed by atoms with Crippen LogP contribution in [0.2, 0.25) is 0 Å². The van der Waals surface area contributed by atoms with E-state index in [-0.39, 0.29) is 66.1 Å². The second kappa shape index (κ2) is 38.3. The zero-order chi connectivity index (χ0) is 67.5. The molecule has 4 saturated heterocycles. The largest absolute Gasteiger partial charge is 0.387 e. The van der Waals surface area contributed by atoms with E-state index in [1.807, 2.05) is 243 Å². The number of hydrogen-bond acceptors (Lipinski definition) is 17. The molecule has 0 spiro atoms. The van der Waals surface area contributed by atoms with E-state index >= 15 is 0 Å². The van der Waals surface area contributed by atoms with Gasteiger partial charge in [-0.2, -0.15) is 0 Å². The molecule has 0 bridgehead atoms. The zero-order valence-corrected chi connectivity index (χ0v) is 55.6. The number of benzene rings is 8. The van der Waals surface area contributed by atoms with Crippen LogP contribution in [0.1, 0.15) is 76.5 Å². The molecular formula is C80H89N3O16. The molecule has 4 aliphatic rings. The molecule has 16 atom stereocenters. The molecule has 12 rings (SSSR count). The summed E-state index contributed by atoms with van der Waals surface area (Å²) in [4.78, 5) is 2.93. The summed E-state index contributed by atoms with van der Waals surface area (Å²) in [5.74, 6) is 0. The lowest BCUT2D eigenvalue weighted by atomic mass is 9.94. The van der Waals surface area contributed by atoms with E-state index in [4.69, 9.17) is 76.6 Å². The first-order chi connectivity index (χ1) is 49.0. The van der Waals surface area contributed by atoms with Gasteiger partial charge in [-0.25, -0.2) is 0 Å². The van der Waals surface area contributed by atoms with E-state index in [1.54, 1.807) is 0 Å². The van der Waals surface area contributed by atoms with Crippen LogP contribution < -0.4 is 0 Å². The summed E-state index contributed by atoms with van der Waals surface area (Å²) >= 11 is 0. The molecule has 1 unspecified atom stereocenters. The number of azide groups is 1. The fourth-order valence-corrected chi connectivity index (χ4v) is 12.7. The van der Waals surface area contributed by atoms with E-state index in [0.717, 1.165) is 63.8 Å². The van der Waals surface area contributed by atoms with Crippen molar-refractivity contribution in [3.05, 3.63) is 298 Å². The van der Waals surface area contributed by atoms with Crippen LogP contribution in [0.3, 0.4) is 0 Å². The Bertz CT molecular complexity index is 3580. The predicted molar refractivity (Wildman–Crippen MR) is 367 cm³/mol. The van der Waals surface area contributed by atoms with Crippen molar-refractivity contribution >= 4 is 0 Å². The van der Waals surface area contributed by atoms with Crippen LogP contribution in [0.5, 0.6) is 0 Å². The highest BCUT2D eigenvalue weighted by atomic mass is 16.8. The van der Waals surface area contributed by atoms with Gasteiger partial charge in [-0.15, -0.1) is 0 Å². The Balaban J connectivity index is 0.944. The summed E-state index contributed by atoms with van der Waals surface area (Å²) < 4.78 is 106. The van der Waals surface area contributed by atoms with Crippen LogP contribution in [0.4, 0.5) is 0 Å². The lowest BCUT2D eigenvalue weighted by molar-refractivity contribution is -0.403. The van der Waals surface area contributed by atoms with Gasteiger partial charge in [-0.05, 0) is 57.3 Å². The van der Waals surface area contributed by atoms with Gasteiger partial charge < -0.3 is 76.2 Å². The number of ether oxygens (including phenoxy) is 15. The van der Waals surface area contributed by atoms with Crippen molar-refractivity contribution in [2.45, 2.75) is 170 Å². The Morgan fingerprint density at radius 2 is 0.737 bits per heavy atom. The number of aliphatic hydroxyl groups excluding tert-OH is 1. The molecule has 19 nitrogen and oxygen atoms in total. The Hall–Kier alpha value is -7.57. The van der Waals surface area contributed by atoms with E-state index in [2.05, 4.69) is 10.0 Å². The van der Waals surface area contributed by atoms with Gasteiger partial charge in [0.1, 0.15) is 73.2 Å². The maximum Gasteiger partial charge on any atom is 0.187 e.